The van der Waals surface area contributed by atoms with E-state index >= 15 is 0 Å². The molecule has 0 spiro atoms. The van der Waals surface area contributed by atoms with E-state index < -0.39 is 0 Å². The van der Waals surface area contributed by atoms with Crippen molar-refractivity contribution in [3.8, 4) is 5.75 Å². The molecule has 1 fully saturated rings. The van der Waals surface area contributed by atoms with E-state index in [4.69, 9.17) is 4.74 Å². The van der Waals surface area contributed by atoms with Crippen LogP contribution in [0.5, 0.6) is 5.75 Å². The van der Waals surface area contributed by atoms with Gasteiger partial charge in [-0.3, -0.25) is 0 Å². The topological polar surface area (TPSA) is 24.5 Å². The van der Waals surface area contributed by atoms with Crippen LogP contribution in [0.3, 0.4) is 0 Å². The SMILES string of the molecule is COc1ccc(C)cc1CNC1CCN(C)CC1. The molecular formula is C15H24N2O. The molecule has 1 aromatic carbocycles. The Morgan fingerprint density at radius 3 is 2.72 bits per heavy atom. The molecule has 100 valence electrons. The van der Waals surface area contributed by atoms with E-state index in [0.29, 0.717) is 6.04 Å². The minimum atomic E-state index is 0.645. The molecule has 1 aliphatic heterocycles. The van der Waals surface area contributed by atoms with Crippen LogP contribution in [-0.2, 0) is 6.54 Å². The second-order valence-electron chi connectivity index (χ2n) is 5.27. The Kier molecular flexibility index (Phi) is 4.61. The van der Waals surface area contributed by atoms with Gasteiger partial charge in [-0.1, -0.05) is 17.7 Å². The van der Waals surface area contributed by atoms with Crippen molar-refractivity contribution in [2.45, 2.75) is 32.4 Å². The molecule has 2 rings (SSSR count). The van der Waals surface area contributed by atoms with Crippen LogP contribution in [-0.4, -0.2) is 38.2 Å². The maximum Gasteiger partial charge on any atom is 0.123 e. The van der Waals surface area contributed by atoms with E-state index in [0.717, 1.165) is 12.3 Å². The van der Waals surface area contributed by atoms with Crippen molar-refractivity contribution in [2.75, 3.05) is 27.2 Å². The molecule has 0 atom stereocenters. The van der Waals surface area contributed by atoms with E-state index in [1.54, 1.807) is 7.11 Å². The van der Waals surface area contributed by atoms with Crippen LogP contribution >= 0.6 is 0 Å². The highest BCUT2D eigenvalue weighted by molar-refractivity contribution is 5.36. The summed E-state index contributed by atoms with van der Waals surface area (Å²) in [5.41, 5.74) is 2.55. The quantitative estimate of drug-likeness (QED) is 0.884. The van der Waals surface area contributed by atoms with Gasteiger partial charge in [0.05, 0.1) is 7.11 Å². The Morgan fingerprint density at radius 2 is 2.06 bits per heavy atom. The molecule has 3 heteroatoms. The summed E-state index contributed by atoms with van der Waals surface area (Å²) >= 11 is 0. The third-order valence-corrected chi connectivity index (χ3v) is 3.74. The Bertz CT molecular complexity index is 384. The number of aryl methyl sites for hydroxylation is 1. The minimum Gasteiger partial charge on any atom is -0.496 e. The van der Waals surface area contributed by atoms with Gasteiger partial charge < -0.3 is 15.0 Å². The number of nitrogens with zero attached hydrogens (tertiary/aromatic N) is 1. The van der Waals surface area contributed by atoms with Crippen molar-refractivity contribution >= 4 is 0 Å². The molecule has 1 aromatic rings. The van der Waals surface area contributed by atoms with Gasteiger partial charge in [0.15, 0.2) is 0 Å². The molecule has 1 heterocycles. The number of rotatable bonds is 4. The zero-order valence-corrected chi connectivity index (χ0v) is 11.7. The number of hydrogen-bond acceptors (Lipinski definition) is 3. The second-order valence-corrected chi connectivity index (χ2v) is 5.27. The van der Waals surface area contributed by atoms with Crippen LogP contribution in [0.25, 0.3) is 0 Å². The van der Waals surface area contributed by atoms with E-state index in [-0.39, 0.29) is 0 Å². The highest BCUT2D eigenvalue weighted by Crippen LogP contribution is 2.20. The predicted octanol–water partition coefficient (Wildman–Crippen LogP) is 2.19. The fourth-order valence-electron chi connectivity index (χ4n) is 2.51. The van der Waals surface area contributed by atoms with Crippen LogP contribution in [0.15, 0.2) is 18.2 Å². The molecular weight excluding hydrogens is 224 g/mol. The predicted molar refractivity (Wildman–Crippen MR) is 75.1 cm³/mol. The Labute approximate surface area is 110 Å². The van der Waals surface area contributed by atoms with Crippen LogP contribution in [0.2, 0.25) is 0 Å². The second kappa shape index (κ2) is 6.21. The number of piperidine rings is 1. The summed E-state index contributed by atoms with van der Waals surface area (Å²) < 4.78 is 5.41. The number of likely N-dealkylation sites (tertiary alicyclic amines) is 1. The Morgan fingerprint density at radius 1 is 1.33 bits per heavy atom. The summed E-state index contributed by atoms with van der Waals surface area (Å²) in [7, 11) is 3.93. The number of benzene rings is 1. The molecule has 0 radical (unpaired) electrons. The van der Waals surface area contributed by atoms with Gasteiger partial charge in [0.2, 0.25) is 0 Å². The first kappa shape index (κ1) is 13.4. The zero-order chi connectivity index (χ0) is 13.0. The normalized spacial score (nSPS) is 17.9. The largest absolute Gasteiger partial charge is 0.496 e. The van der Waals surface area contributed by atoms with Gasteiger partial charge >= 0.3 is 0 Å². The summed E-state index contributed by atoms with van der Waals surface area (Å²) in [6, 6.07) is 7.01. The summed E-state index contributed by atoms with van der Waals surface area (Å²) in [5.74, 6) is 0.987. The van der Waals surface area contributed by atoms with Crippen molar-refractivity contribution in [2.24, 2.45) is 0 Å². The van der Waals surface area contributed by atoms with Crippen molar-refractivity contribution in [1.29, 1.82) is 0 Å². The third-order valence-electron chi connectivity index (χ3n) is 3.74. The number of ether oxygens (including phenoxy) is 1. The standard InChI is InChI=1S/C15H24N2O/c1-12-4-5-15(18-3)13(10-12)11-16-14-6-8-17(2)9-7-14/h4-5,10,14,16H,6-9,11H2,1-3H3. The molecule has 18 heavy (non-hydrogen) atoms. The molecule has 3 nitrogen and oxygen atoms in total. The average Bonchev–Trinajstić information content (AvgIpc) is 2.38. The van der Waals surface area contributed by atoms with E-state index in [1.165, 1.54) is 37.1 Å². The molecule has 1 saturated heterocycles. The Hall–Kier alpha value is -1.06. The molecule has 0 saturated carbocycles. The van der Waals surface area contributed by atoms with Crippen LogP contribution < -0.4 is 10.1 Å². The lowest BCUT2D eigenvalue weighted by atomic mass is 10.0. The molecule has 1 aliphatic rings. The lowest BCUT2D eigenvalue weighted by molar-refractivity contribution is 0.233. The van der Waals surface area contributed by atoms with Crippen LogP contribution in [0.1, 0.15) is 24.0 Å². The van der Waals surface area contributed by atoms with Gasteiger partial charge in [-0.25, -0.2) is 0 Å². The summed E-state index contributed by atoms with van der Waals surface area (Å²) in [4.78, 5) is 2.39. The van der Waals surface area contributed by atoms with E-state index in [2.05, 4.69) is 42.4 Å². The fraction of sp³-hybridized carbons (Fsp3) is 0.600. The minimum absolute atomic E-state index is 0.645. The molecule has 0 aromatic heterocycles. The smallest absolute Gasteiger partial charge is 0.123 e. The lowest BCUT2D eigenvalue weighted by Gasteiger charge is -2.29. The molecule has 0 aliphatic carbocycles. The van der Waals surface area contributed by atoms with Crippen LogP contribution in [0.4, 0.5) is 0 Å². The van der Waals surface area contributed by atoms with Crippen molar-refractivity contribution in [1.82, 2.24) is 10.2 Å². The number of nitrogens with one attached hydrogen (secondary N) is 1. The highest BCUT2D eigenvalue weighted by atomic mass is 16.5. The lowest BCUT2D eigenvalue weighted by Crippen LogP contribution is -2.40. The van der Waals surface area contributed by atoms with Gasteiger partial charge in [0.1, 0.15) is 5.75 Å². The van der Waals surface area contributed by atoms with E-state index in [9.17, 15) is 0 Å². The first-order chi connectivity index (χ1) is 8.69. The van der Waals surface area contributed by atoms with Gasteiger partial charge in [-0.05, 0) is 46.0 Å². The fourth-order valence-corrected chi connectivity index (χ4v) is 2.51. The molecule has 1 N–H and O–H groups in total. The van der Waals surface area contributed by atoms with Gasteiger partial charge in [0, 0.05) is 18.2 Å². The van der Waals surface area contributed by atoms with Crippen molar-refractivity contribution < 1.29 is 4.74 Å². The molecule has 0 bridgehead atoms. The van der Waals surface area contributed by atoms with E-state index in [1.807, 2.05) is 0 Å². The first-order valence-electron chi connectivity index (χ1n) is 6.74. The summed E-state index contributed by atoms with van der Waals surface area (Å²) in [6.07, 6.45) is 2.48. The zero-order valence-electron chi connectivity index (χ0n) is 11.7. The first-order valence-corrected chi connectivity index (χ1v) is 6.74. The summed E-state index contributed by atoms with van der Waals surface area (Å²) in [5, 5.41) is 3.65. The van der Waals surface area contributed by atoms with Gasteiger partial charge in [-0.15, -0.1) is 0 Å². The maximum atomic E-state index is 5.41. The highest BCUT2D eigenvalue weighted by Gasteiger charge is 2.16. The average molecular weight is 248 g/mol. The maximum absolute atomic E-state index is 5.41. The molecule has 0 unspecified atom stereocenters. The molecule has 0 amide bonds. The monoisotopic (exact) mass is 248 g/mol. The van der Waals surface area contributed by atoms with Gasteiger partial charge in [-0.2, -0.15) is 0 Å². The summed E-state index contributed by atoms with van der Waals surface area (Å²) in [6.45, 7) is 5.42. The van der Waals surface area contributed by atoms with Gasteiger partial charge in [0.25, 0.3) is 0 Å². The number of methoxy groups -OCH3 is 1. The van der Waals surface area contributed by atoms with Crippen molar-refractivity contribution in [3.63, 3.8) is 0 Å². The Balaban J connectivity index is 1.91. The third kappa shape index (κ3) is 3.47. The van der Waals surface area contributed by atoms with Crippen molar-refractivity contribution in [3.05, 3.63) is 29.3 Å². The van der Waals surface area contributed by atoms with Crippen LogP contribution in [0, 0.1) is 6.92 Å². The number of hydrogen-bond donors (Lipinski definition) is 1.